The van der Waals surface area contributed by atoms with Crippen LogP contribution in [0, 0.1) is 0 Å². The van der Waals surface area contributed by atoms with Crippen LogP contribution in [-0.4, -0.2) is 33.9 Å². The maximum atomic E-state index is 10.4. The van der Waals surface area contributed by atoms with E-state index >= 15 is 0 Å². The third-order valence-electron chi connectivity index (χ3n) is 1.39. The molecule has 0 unspecified atom stereocenters. The van der Waals surface area contributed by atoms with Crippen molar-refractivity contribution in [2.24, 2.45) is 0 Å². The van der Waals surface area contributed by atoms with Crippen molar-refractivity contribution < 1.29 is 24.9 Å². The monoisotopic (exact) mass is 174 g/mol. The van der Waals surface area contributed by atoms with Crippen LogP contribution < -0.4 is 0 Å². The molecule has 0 aliphatic rings. The van der Waals surface area contributed by atoms with Gasteiger partial charge in [0.1, 0.15) is 0 Å². The lowest BCUT2D eigenvalue weighted by Gasteiger charge is -2.01. The average molecular weight is 174 g/mol. The summed E-state index contributed by atoms with van der Waals surface area (Å²) in [4.78, 5) is 20.7. The van der Waals surface area contributed by atoms with E-state index in [4.69, 9.17) is 15.3 Å². The highest BCUT2D eigenvalue weighted by molar-refractivity contribution is 5.98. The van der Waals surface area contributed by atoms with E-state index in [1.807, 2.05) is 0 Å². The third-order valence-corrected chi connectivity index (χ3v) is 1.39. The summed E-state index contributed by atoms with van der Waals surface area (Å²) in [7, 11) is 0. The molecule has 5 nitrogen and oxygen atoms in total. The molecule has 0 spiro atoms. The lowest BCUT2D eigenvalue weighted by molar-refractivity contribution is -0.136. The molecule has 12 heavy (non-hydrogen) atoms. The lowest BCUT2D eigenvalue weighted by atomic mass is 10.1. The van der Waals surface area contributed by atoms with Crippen molar-refractivity contribution in [3.63, 3.8) is 0 Å². The molecule has 0 aromatic carbocycles. The molecular weight excluding hydrogens is 164 g/mol. The van der Waals surface area contributed by atoms with Crippen molar-refractivity contribution in [2.75, 3.05) is 6.61 Å². The summed E-state index contributed by atoms with van der Waals surface area (Å²) in [5.74, 6) is -2.58. The molecule has 0 radical (unpaired) electrons. The fraction of sp³-hybridized carbons (Fsp3) is 0.429. The molecular formula is C7H10O5. The van der Waals surface area contributed by atoms with Crippen LogP contribution in [0.25, 0.3) is 0 Å². The first-order chi connectivity index (χ1) is 5.50. The smallest absolute Gasteiger partial charge is 0.332 e. The van der Waals surface area contributed by atoms with E-state index in [-0.39, 0.29) is 24.2 Å². The topological polar surface area (TPSA) is 94.8 Å². The van der Waals surface area contributed by atoms with Gasteiger partial charge in [0, 0.05) is 24.2 Å². The number of aliphatic hydroxyl groups is 1. The van der Waals surface area contributed by atoms with Crippen LogP contribution >= 0.6 is 0 Å². The fourth-order valence-corrected chi connectivity index (χ4v) is 0.696. The third kappa shape index (κ3) is 2.71. The van der Waals surface area contributed by atoms with E-state index in [2.05, 4.69) is 0 Å². The van der Waals surface area contributed by atoms with Crippen molar-refractivity contribution in [2.45, 2.75) is 13.3 Å². The van der Waals surface area contributed by atoms with Crippen LogP contribution in [0.15, 0.2) is 11.1 Å². The summed E-state index contributed by atoms with van der Waals surface area (Å²) in [6.45, 7) is 0.827. The van der Waals surface area contributed by atoms with Crippen molar-refractivity contribution in [1.29, 1.82) is 0 Å². The molecule has 0 aromatic heterocycles. The van der Waals surface area contributed by atoms with E-state index in [0.29, 0.717) is 0 Å². The van der Waals surface area contributed by atoms with Gasteiger partial charge in [-0.05, 0) is 6.92 Å². The largest absolute Gasteiger partial charge is 0.478 e. The Morgan fingerprint density at radius 3 is 1.92 bits per heavy atom. The molecule has 0 fully saturated rings. The number of hydrogen-bond donors (Lipinski definition) is 3. The highest BCUT2D eigenvalue weighted by Gasteiger charge is 2.14. The van der Waals surface area contributed by atoms with Crippen LogP contribution in [0.3, 0.4) is 0 Å². The molecule has 0 aliphatic carbocycles. The number of aliphatic hydroxyl groups excluding tert-OH is 1. The number of carboxylic acid groups (broad SMARTS) is 2. The van der Waals surface area contributed by atoms with Crippen LogP contribution in [0.5, 0.6) is 0 Å². The first kappa shape index (κ1) is 10.6. The summed E-state index contributed by atoms with van der Waals surface area (Å²) < 4.78 is 0. The Kier molecular flexibility index (Phi) is 3.99. The second-order valence-corrected chi connectivity index (χ2v) is 2.19. The predicted octanol–water partition coefficient (Wildman–Crippen LogP) is -0.145. The molecule has 68 valence electrons. The Labute approximate surface area is 68.9 Å². The molecule has 0 heterocycles. The van der Waals surface area contributed by atoms with E-state index in [9.17, 15) is 9.59 Å². The van der Waals surface area contributed by atoms with Crippen molar-refractivity contribution in [1.82, 2.24) is 0 Å². The molecule has 3 N–H and O–H groups in total. The maximum absolute atomic E-state index is 10.4. The number of carbonyl (C=O) groups is 2. The van der Waals surface area contributed by atoms with Gasteiger partial charge in [-0.25, -0.2) is 9.59 Å². The second-order valence-electron chi connectivity index (χ2n) is 2.19. The molecule has 0 aromatic rings. The molecule has 0 atom stereocenters. The lowest BCUT2D eigenvalue weighted by Crippen LogP contribution is -2.10. The summed E-state index contributed by atoms with van der Waals surface area (Å²) in [6, 6.07) is 0. The van der Waals surface area contributed by atoms with Gasteiger partial charge < -0.3 is 15.3 Å². The van der Waals surface area contributed by atoms with Gasteiger partial charge in [-0.15, -0.1) is 0 Å². The summed E-state index contributed by atoms with van der Waals surface area (Å²) in [6.07, 6.45) is -0.145. The molecule has 5 heteroatoms. The Hall–Kier alpha value is -1.36. The molecule has 0 amide bonds. The number of carboxylic acids is 2. The Balaban J connectivity index is 4.80. The van der Waals surface area contributed by atoms with E-state index in [1.54, 1.807) is 0 Å². The highest BCUT2D eigenvalue weighted by atomic mass is 16.4. The molecule has 0 bridgehead atoms. The van der Waals surface area contributed by atoms with E-state index < -0.39 is 11.9 Å². The van der Waals surface area contributed by atoms with Crippen LogP contribution in [0.4, 0.5) is 0 Å². The normalized spacial score (nSPS) is 12.2. The zero-order chi connectivity index (χ0) is 9.72. The number of aliphatic carboxylic acids is 2. The van der Waals surface area contributed by atoms with Crippen molar-refractivity contribution in [3.8, 4) is 0 Å². The van der Waals surface area contributed by atoms with Gasteiger partial charge in [-0.1, -0.05) is 0 Å². The second kappa shape index (κ2) is 4.50. The minimum absolute atomic E-state index is 0.145. The zero-order valence-corrected chi connectivity index (χ0v) is 6.57. The number of rotatable bonds is 4. The first-order valence-corrected chi connectivity index (χ1v) is 3.28. The summed E-state index contributed by atoms with van der Waals surface area (Å²) >= 11 is 0. The van der Waals surface area contributed by atoms with Gasteiger partial charge in [0.2, 0.25) is 0 Å². The van der Waals surface area contributed by atoms with Gasteiger partial charge in [-0.2, -0.15) is 0 Å². The Morgan fingerprint density at radius 1 is 1.17 bits per heavy atom. The highest BCUT2D eigenvalue weighted by Crippen LogP contribution is 2.08. The quantitative estimate of drug-likeness (QED) is 0.515. The minimum atomic E-state index is -1.30. The fourth-order valence-electron chi connectivity index (χ4n) is 0.696. The molecule has 0 aliphatic heterocycles. The van der Waals surface area contributed by atoms with E-state index in [1.165, 1.54) is 6.92 Å². The molecule has 0 rings (SSSR count). The van der Waals surface area contributed by atoms with Gasteiger partial charge in [0.25, 0.3) is 0 Å². The Bertz CT molecular complexity index is 228. The van der Waals surface area contributed by atoms with Crippen LogP contribution in [-0.2, 0) is 9.59 Å². The number of hydrogen-bond acceptors (Lipinski definition) is 3. The Morgan fingerprint density at radius 2 is 1.67 bits per heavy atom. The average Bonchev–Trinajstić information content (AvgIpc) is 1.98. The van der Waals surface area contributed by atoms with Crippen molar-refractivity contribution >= 4 is 11.9 Å². The molecule has 0 saturated heterocycles. The summed E-state index contributed by atoms with van der Waals surface area (Å²) in [5, 5.41) is 25.3. The minimum Gasteiger partial charge on any atom is -0.478 e. The van der Waals surface area contributed by atoms with Crippen molar-refractivity contribution in [3.05, 3.63) is 11.1 Å². The van der Waals surface area contributed by atoms with Gasteiger partial charge >= 0.3 is 11.9 Å². The van der Waals surface area contributed by atoms with Gasteiger partial charge in [-0.3, -0.25) is 0 Å². The van der Waals surface area contributed by atoms with Crippen LogP contribution in [0.2, 0.25) is 0 Å². The first-order valence-electron chi connectivity index (χ1n) is 3.28. The maximum Gasteiger partial charge on any atom is 0.332 e. The van der Waals surface area contributed by atoms with E-state index in [0.717, 1.165) is 0 Å². The predicted molar refractivity (Wildman–Crippen MR) is 39.7 cm³/mol. The van der Waals surface area contributed by atoms with Gasteiger partial charge in [0.15, 0.2) is 0 Å². The SMILES string of the molecule is C/C(C(=O)O)=C(\CCO)C(=O)O. The standard InChI is InChI=1S/C7H10O5/c1-4(6(9)10)5(2-3-8)7(11)12/h8H,2-3H2,1H3,(H,9,10)(H,11,12)/b5-4-. The zero-order valence-electron chi connectivity index (χ0n) is 6.57. The van der Waals surface area contributed by atoms with Gasteiger partial charge in [0.05, 0.1) is 0 Å². The van der Waals surface area contributed by atoms with Crippen LogP contribution in [0.1, 0.15) is 13.3 Å². The summed E-state index contributed by atoms with van der Waals surface area (Å²) in [5.41, 5.74) is -0.499. The molecule has 0 saturated carbocycles.